The first-order chi connectivity index (χ1) is 5.40. The van der Waals surface area contributed by atoms with Gasteiger partial charge in [0.15, 0.2) is 0 Å². The van der Waals surface area contributed by atoms with Crippen molar-refractivity contribution in [2.45, 2.75) is 17.9 Å². The third kappa shape index (κ3) is 1.28. The molecule has 0 atom stereocenters. The zero-order chi connectivity index (χ0) is 7.68. The van der Waals surface area contributed by atoms with Crippen molar-refractivity contribution in [1.29, 1.82) is 0 Å². The molecule has 1 heterocycles. The molecule has 2 N–H and O–H groups in total. The Kier molecular flexibility index (Phi) is 1.88. The van der Waals surface area contributed by atoms with E-state index in [1.54, 1.807) is 0 Å². The smallest absolute Gasteiger partial charge is 0.0178 e. The minimum Gasteiger partial charge on any atom is -0.326 e. The van der Waals surface area contributed by atoms with Crippen LogP contribution >= 0.6 is 11.8 Å². The second-order valence-corrected chi connectivity index (χ2v) is 3.88. The largest absolute Gasteiger partial charge is 0.326 e. The number of fused-ring (bicyclic) bond motifs is 1. The van der Waals surface area contributed by atoms with Crippen LogP contribution in [0.2, 0.25) is 0 Å². The van der Waals surface area contributed by atoms with Crippen molar-refractivity contribution >= 4 is 11.8 Å². The van der Waals surface area contributed by atoms with Crippen LogP contribution in [0.15, 0.2) is 23.1 Å². The van der Waals surface area contributed by atoms with Crippen LogP contribution in [0.5, 0.6) is 0 Å². The maximum Gasteiger partial charge on any atom is 0.0178 e. The highest BCUT2D eigenvalue weighted by atomic mass is 32.2. The lowest BCUT2D eigenvalue weighted by Crippen LogP contribution is -1.96. The molecule has 0 bridgehead atoms. The molecule has 58 valence electrons. The first kappa shape index (κ1) is 7.19. The van der Waals surface area contributed by atoms with Gasteiger partial charge in [0.25, 0.3) is 0 Å². The van der Waals surface area contributed by atoms with Crippen LogP contribution in [-0.4, -0.2) is 5.75 Å². The second kappa shape index (κ2) is 2.88. The Balaban J connectivity index is 2.41. The molecule has 2 rings (SSSR count). The molecule has 1 aliphatic heterocycles. The molecule has 0 aromatic heterocycles. The Morgan fingerprint density at radius 2 is 2.36 bits per heavy atom. The fourth-order valence-electron chi connectivity index (χ4n) is 1.37. The lowest BCUT2D eigenvalue weighted by molar-refractivity contribution is 1.04. The van der Waals surface area contributed by atoms with Crippen molar-refractivity contribution in [3.05, 3.63) is 29.3 Å². The summed E-state index contributed by atoms with van der Waals surface area (Å²) in [6, 6.07) is 6.54. The summed E-state index contributed by atoms with van der Waals surface area (Å²) in [4.78, 5) is 1.45. The Hall–Kier alpha value is -0.470. The minimum absolute atomic E-state index is 0.665. The molecule has 0 saturated carbocycles. The molecule has 1 aliphatic rings. The summed E-state index contributed by atoms with van der Waals surface area (Å²) in [6.07, 6.45) is 1.22. The third-order valence-electron chi connectivity index (χ3n) is 1.99. The Labute approximate surface area is 71.0 Å². The van der Waals surface area contributed by atoms with E-state index < -0.39 is 0 Å². The van der Waals surface area contributed by atoms with Gasteiger partial charge in [0.05, 0.1) is 0 Å². The van der Waals surface area contributed by atoms with E-state index >= 15 is 0 Å². The van der Waals surface area contributed by atoms with Crippen molar-refractivity contribution in [3.63, 3.8) is 0 Å². The lowest BCUT2D eigenvalue weighted by Gasteiger charge is -2.00. The van der Waals surface area contributed by atoms with Crippen molar-refractivity contribution in [3.8, 4) is 0 Å². The normalized spacial score (nSPS) is 15.0. The van der Waals surface area contributed by atoms with E-state index in [0.717, 1.165) is 0 Å². The summed E-state index contributed by atoms with van der Waals surface area (Å²) >= 11 is 1.95. The molecule has 0 amide bonds. The van der Waals surface area contributed by atoms with Gasteiger partial charge in [0.1, 0.15) is 0 Å². The van der Waals surface area contributed by atoms with Gasteiger partial charge in [0, 0.05) is 17.2 Å². The van der Waals surface area contributed by atoms with E-state index in [-0.39, 0.29) is 0 Å². The summed E-state index contributed by atoms with van der Waals surface area (Å²) in [5.74, 6) is 1.24. The number of rotatable bonds is 1. The van der Waals surface area contributed by atoms with E-state index in [0.29, 0.717) is 6.54 Å². The van der Waals surface area contributed by atoms with Gasteiger partial charge in [0.2, 0.25) is 0 Å². The van der Waals surface area contributed by atoms with Gasteiger partial charge in [-0.15, -0.1) is 11.8 Å². The zero-order valence-corrected chi connectivity index (χ0v) is 7.16. The maximum atomic E-state index is 5.54. The van der Waals surface area contributed by atoms with Gasteiger partial charge < -0.3 is 5.73 Å². The van der Waals surface area contributed by atoms with Gasteiger partial charge in [-0.2, -0.15) is 0 Å². The molecule has 0 unspecified atom stereocenters. The maximum absolute atomic E-state index is 5.54. The zero-order valence-electron chi connectivity index (χ0n) is 6.34. The van der Waals surface area contributed by atoms with Crippen molar-refractivity contribution in [1.82, 2.24) is 0 Å². The first-order valence-electron chi connectivity index (χ1n) is 3.85. The predicted molar refractivity (Wildman–Crippen MR) is 48.8 cm³/mol. The van der Waals surface area contributed by atoms with Gasteiger partial charge in [-0.3, -0.25) is 0 Å². The fourth-order valence-corrected chi connectivity index (χ4v) is 2.42. The van der Waals surface area contributed by atoms with Crippen LogP contribution in [0, 0.1) is 0 Å². The number of aryl methyl sites for hydroxylation is 1. The summed E-state index contributed by atoms with van der Waals surface area (Å²) in [5, 5.41) is 0. The molecular formula is C9H11NS. The molecule has 0 spiro atoms. The topological polar surface area (TPSA) is 26.0 Å². The standard InChI is InChI=1S/C9H11NS/c10-6-7-1-2-9-8(5-7)3-4-11-9/h1-2,5H,3-4,6,10H2. The van der Waals surface area contributed by atoms with E-state index in [4.69, 9.17) is 5.73 Å². The highest BCUT2D eigenvalue weighted by Gasteiger charge is 2.10. The summed E-state index contributed by atoms with van der Waals surface area (Å²) in [6.45, 7) is 0.665. The average Bonchev–Trinajstić information content (AvgIpc) is 2.50. The second-order valence-electron chi connectivity index (χ2n) is 2.74. The molecule has 0 saturated heterocycles. The number of hydrogen-bond donors (Lipinski definition) is 1. The Morgan fingerprint density at radius 3 is 3.18 bits per heavy atom. The molecule has 11 heavy (non-hydrogen) atoms. The SMILES string of the molecule is NCc1ccc2c(c1)CCS2. The van der Waals surface area contributed by atoms with Crippen LogP contribution in [0.4, 0.5) is 0 Å². The van der Waals surface area contributed by atoms with Gasteiger partial charge in [-0.05, 0) is 23.6 Å². The number of hydrogen-bond acceptors (Lipinski definition) is 2. The van der Waals surface area contributed by atoms with Crippen molar-refractivity contribution < 1.29 is 0 Å². The summed E-state index contributed by atoms with van der Waals surface area (Å²) in [7, 11) is 0. The van der Waals surface area contributed by atoms with Crippen LogP contribution in [0.3, 0.4) is 0 Å². The third-order valence-corrected chi connectivity index (χ3v) is 3.11. The molecule has 0 radical (unpaired) electrons. The van der Waals surface area contributed by atoms with E-state index in [9.17, 15) is 0 Å². The monoisotopic (exact) mass is 165 g/mol. The van der Waals surface area contributed by atoms with Gasteiger partial charge in [-0.1, -0.05) is 12.1 Å². The fraction of sp³-hybridized carbons (Fsp3) is 0.333. The number of nitrogens with two attached hydrogens (primary N) is 1. The Bertz CT molecular complexity index is 270. The van der Waals surface area contributed by atoms with E-state index in [2.05, 4.69) is 18.2 Å². The molecule has 0 fully saturated rings. The van der Waals surface area contributed by atoms with Crippen LogP contribution in [0.1, 0.15) is 11.1 Å². The highest BCUT2D eigenvalue weighted by molar-refractivity contribution is 7.99. The van der Waals surface area contributed by atoms with Crippen LogP contribution < -0.4 is 5.73 Å². The molecule has 1 aromatic carbocycles. The molecule has 0 aliphatic carbocycles. The quantitative estimate of drug-likeness (QED) is 0.686. The van der Waals surface area contributed by atoms with Crippen molar-refractivity contribution in [2.24, 2.45) is 5.73 Å². The molecule has 1 nitrogen and oxygen atoms in total. The summed E-state index contributed by atoms with van der Waals surface area (Å²) in [5.41, 5.74) is 8.28. The van der Waals surface area contributed by atoms with Gasteiger partial charge in [-0.25, -0.2) is 0 Å². The minimum atomic E-state index is 0.665. The number of benzene rings is 1. The molecular weight excluding hydrogens is 154 g/mol. The van der Waals surface area contributed by atoms with Crippen molar-refractivity contribution in [2.75, 3.05) is 5.75 Å². The average molecular weight is 165 g/mol. The summed E-state index contributed by atoms with van der Waals surface area (Å²) < 4.78 is 0. The first-order valence-corrected chi connectivity index (χ1v) is 4.83. The van der Waals surface area contributed by atoms with Crippen LogP contribution in [0.25, 0.3) is 0 Å². The molecule has 2 heteroatoms. The Morgan fingerprint density at radius 1 is 1.45 bits per heavy atom. The van der Waals surface area contributed by atoms with Crippen LogP contribution in [-0.2, 0) is 13.0 Å². The highest BCUT2D eigenvalue weighted by Crippen LogP contribution is 2.31. The lowest BCUT2D eigenvalue weighted by atomic mass is 10.1. The number of thioether (sulfide) groups is 1. The van der Waals surface area contributed by atoms with E-state index in [1.165, 1.54) is 28.2 Å². The molecule has 1 aromatic rings. The van der Waals surface area contributed by atoms with E-state index in [1.807, 2.05) is 11.8 Å². The predicted octanol–water partition coefficient (Wildman–Crippen LogP) is 1.79. The van der Waals surface area contributed by atoms with Gasteiger partial charge >= 0.3 is 0 Å².